The predicted molar refractivity (Wildman–Crippen MR) is 79.2 cm³/mol. The number of hydrogen-bond donors (Lipinski definition) is 1. The summed E-state index contributed by atoms with van der Waals surface area (Å²) in [6, 6.07) is 0.283. The number of rotatable bonds is 4. The molecule has 0 aliphatic heterocycles. The van der Waals surface area contributed by atoms with Gasteiger partial charge in [-0.05, 0) is 58.8 Å². The van der Waals surface area contributed by atoms with Crippen LogP contribution >= 0.6 is 0 Å². The van der Waals surface area contributed by atoms with Crippen molar-refractivity contribution in [2.24, 2.45) is 5.92 Å². The van der Waals surface area contributed by atoms with Crippen molar-refractivity contribution < 1.29 is 9.53 Å². The number of carbonyl (C=O) groups excluding carboxylic acids is 1. The van der Waals surface area contributed by atoms with E-state index >= 15 is 0 Å². The fourth-order valence-corrected chi connectivity index (χ4v) is 2.39. The molecule has 0 heterocycles. The number of nitrogens with one attached hydrogen (secondary N) is 1. The van der Waals surface area contributed by atoms with Crippen LogP contribution in [0.25, 0.3) is 0 Å². The molecule has 1 saturated carbocycles. The molecule has 1 aliphatic carbocycles. The Morgan fingerprint density at radius 3 is 2.42 bits per heavy atom. The lowest BCUT2D eigenvalue weighted by atomic mass is 9.86. The standard InChI is InChI=1S/C16H29NO2/c1-5-6-7-8-13-9-11-14(12-10-13)17-15(18)19-16(2,3)4/h7-8,13-14H,5-6,9-12H2,1-4H3,(H,17,18)/b8-7-. The number of allylic oxidation sites excluding steroid dienone is 2. The maximum absolute atomic E-state index is 11.7. The van der Waals surface area contributed by atoms with Crippen LogP contribution in [-0.2, 0) is 4.74 Å². The first-order chi connectivity index (χ1) is 8.90. The van der Waals surface area contributed by atoms with Gasteiger partial charge in [-0.15, -0.1) is 0 Å². The minimum Gasteiger partial charge on any atom is -0.444 e. The summed E-state index contributed by atoms with van der Waals surface area (Å²) in [5, 5.41) is 2.98. The number of hydrogen-bond acceptors (Lipinski definition) is 2. The van der Waals surface area contributed by atoms with Crippen molar-refractivity contribution in [1.82, 2.24) is 5.32 Å². The smallest absolute Gasteiger partial charge is 0.407 e. The van der Waals surface area contributed by atoms with Crippen LogP contribution < -0.4 is 5.32 Å². The zero-order valence-electron chi connectivity index (χ0n) is 12.9. The number of alkyl carbamates (subject to hydrolysis) is 1. The molecule has 0 unspecified atom stereocenters. The van der Waals surface area contributed by atoms with Crippen LogP contribution in [0.5, 0.6) is 0 Å². The molecule has 1 N–H and O–H groups in total. The van der Waals surface area contributed by atoms with E-state index in [4.69, 9.17) is 4.74 Å². The summed E-state index contributed by atoms with van der Waals surface area (Å²) < 4.78 is 5.28. The summed E-state index contributed by atoms with van der Waals surface area (Å²) in [6.07, 6.45) is 11.2. The Morgan fingerprint density at radius 2 is 1.89 bits per heavy atom. The van der Waals surface area contributed by atoms with Crippen molar-refractivity contribution in [3.8, 4) is 0 Å². The molecule has 0 atom stereocenters. The molecule has 0 bridgehead atoms. The number of amides is 1. The van der Waals surface area contributed by atoms with Crippen LogP contribution in [0.1, 0.15) is 66.2 Å². The van der Waals surface area contributed by atoms with Crippen molar-refractivity contribution in [2.45, 2.75) is 77.9 Å². The Morgan fingerprint density at radius 1 is 1.26 bits per heavy atom. The summed E-state index contributed by atoms with van der Waals surface area (Å²) in [4.78, 5) is 11.7. The van der Waals surface area contributed by atoms with E-state index in [2.05, 4.69) is 24.4 Å². The Balaban J connectivity index is 2.25. The average Bonchev–Trinajstić information content (AvgIpc) is 2.29. The maximum atomic E-state index is 11.7. The molecule has 0 aromatic heterocycles. The van der Waals surface area contributed by atoms with Crippen LogP contribution in [0, 0.1) is 5.92 Å². The molecule has 3 nitrogen and oxygen atoms in total. The van der Waals surface area contributed by atoms with Crippen molar-refractivity contribution >= 4 is 6.09 Å². The van der Waals surface area contributed by atoms with Crippen molar-refractivity contribution in [3.63, 3.8) is 0 Å². The average molecular weight is 267 g/mol. The highest BCUT2D eigenvalue weighted by Gasteiger charge is 2.23. The Kier molecular flexibility index (Phi) is 6.40. The fraction of sp³-hybridized carbons (Fsp3) is 0.812. The van der Waals surface area contributed by atoms with Crippen LogP contribution in [-0.4, -0.2) is 17.7 Å². The van der Waals surface area contributed by atoms with E-state index in [-0.39, 0.29) is 12.1 Å². The van der Waals surface area contributed by atoms with Gasteiger partial charge in [-0.25, -0.2) is 4.79 Å². The van der Waals surface area contributed by atoms with E-state index in [1.807, 2.05) is 20.8 Å². The first-order valence-corrected chi connectivity index (χ1v) is 7.57. The summed E-state index contributed by atoms with van der Waals surface area (Å²) in [6.45, 7) is 7.87. The molecular weight excluding hydrogens is 238 g/mol. The Bertz CT molecular complexity index is 296. The van der Waals surface area contributed by atoms with E-state index in [9.17, 15) is 4.79 Å². The van der Waals surface area contributed by atoms with Crippen molar-refractivity contribution in [2.75, 3.05) is 0 Å². The van der Waals surface area contributed by atoms with Gasteiger partial charge in [-0.1, -0.05) is 25.5 Å². The maximum Gasteiger partial charge on any atom is 0.407 e. The van der Waals surface area contributed by atoms with Crippen LogP contribution in [0.15, 0.2) is 12.2 Å². The predicted octanol–water partition coefficient (Wildman–Crippen LogP) is 4.43. The van der Waals surface area contributed by atoms with E-state index < -0.39 is 5.60 Å². The highest BCUT2D eigenvalue weighted by atomic mass is 16.6. The molecule has 0 aromatic rings. The molecular formula is C16H29NO2. The SMILES string of the molecule is CCC/C=C\C1CCC(NC(=O)OC(C)(C)C)CC1. The number of unbranched alkanes of at least 4 members (excludes halogenated alkanes) is 1. The van der Waals surface area contributed by atoms with Gasteiger partial charge in [-0.2, -0.15) is 0 Å². The lowest BCUT2D eigenvalue weighted by molar-refractivity contribution is 0.0490. The van der Waals surface area contributed by atoms with Gasteiger partial charge in [0.1, 0.15) is 5.60 Å². The lowest BCUT2D eigenvalue weighted by Crippen LogP contribution is -2.40. The number of ether oxygens (including phenoxy) is 1. The third-order valence-corrected chi connectivity index (χ3v) is 3.36. The first-order valence-electron chi connectivity index (χ1n) is 7.57. The van der Waals surface area contributed by atoms with Gasteiger partial charge in [0.05, 0.1) is 0 Å². The quantitative estimate of drug-likeness (QED) is 0.765. The van der Waals surface area contributed by atoms with Crippen LogP contribution in [0.4, 0.5) is 4.79 Å². The summed E-state index contributed by atoms with van der Waals surface area (Å²) in [5.41, 5.74) is -0.413. The highest BCUT2D eigenvalue weighted by Crippen LogP contribution is 2.25. The van der Waals surface area contributed by atoms with E-state index in [0.29, 0.717) is 5.92 Å². The molecule has 0 spiro atoms. The minimum atomic E-state index is -0.413. The molecule has 110 valence electrons. The molecule has 0 radical (unpaired) electrons. The van der Waals surface area contributed by atoms with Gasteiger partial charge in [0.25, 0.3) is 0 Å². The third-order valence-electron chi connectivity index (χ3n) is 3.36. The zero-order chi connectivity index (χ0) is 14.3. The molecule has 1 fully saturated rings. The van der Waals surface area contributed by atoms with E-state index in [1.165, 1.54) is 25.7 Å². The second-order valence-corrected chi connectivity index (χ2v) is 6.47. The zero-order valence-corrected chi connectivity index (χ0v) is 12.9. The lowest BCUT2D eigenvalue weighted by Gasteiger charge is -2.28. The normalized spacial score (nSPS) is 24.4. The second kappa shape index (κ2) is 7.56. The molecule has 19 heavy (non-hydrogen) atoms. The summed E-state index contributed by atoms with van der Waals surface area (Å²) in [5.74, 6) is 0.697. The Labute approximate surface area is 117 Å². The molecule has 3 heteroatoms. The van der Waals surface area contributed by atoms with Gasteiger partial charge in [-0.3, -0.25) is 0 Å². The van der Waals surface area contributed by atoms with Gasteiger partial charge >= 0.3 is 6.09 Å². The molecule has 1 rings (SSSR count). The fourth-order valence-electron chi connectivity index (χ4n) is 2.39. The second-order valence-electron chi connectivity index (χ2n) is 6.47. The molecule has 1 amide bonds. The van der Waals surface area contributed by atoms with E-state index in [1.54, 1.807) is 0 Å². The highest BCUT2D eigenvalue weighted by molar-refractivity contribution is 5.68. The molecule has 0 aromatic carbocycles. The first kappa shape index (κ1) is 16.1. The van der Waals surface area contributed by atoms with Gasteiger partial charge in [0.2, 0.25) is 0 Å². The monoisotopic (exact) mass is 267 g/mol. The van der Waals surface area contributed by atoms with Gasteiger partial charge in [0.15, 0.2) is 0 Å². The topological polar surface area (TPSA) is 38.3 Å². The summed E-state index contributed by atoms with van der Waals surface area (Å²) >= 11 is 0. The van der Waals surface area contributed by atoms with Crippen LogP contribution in [0.3, 0.4) is 0 Å². The molecule has 1 aliphatic rings. The van der Waals surface area contributed by atoms with E-state index in [0.717, 1.165) is 12.8 Å². The van der Waals surface area contributed by atoms with Gasteiger partial charge < -0.3 is 10.1 Å². The van der Waals surface area contributed by atoms with Crippen molar-refractivity contribution in [3.05, 3.63) is 12.2 Å². The van der Waals surface area contributed by atoms with Crippen LogP contribution in [0.2, 0.25) is 0 Å². The number of carbonyl (C=O) groups is 1. The molecule has 0 saturated heterocycles. The summed E-state index contributed by atoms with van der Waals surface area (Å²) in [7, 11) is 0. The largest absolute Gasteiger partial charge is 0.444 e. The van der Waals surface area contributed by atoms with Gasteiger partial charge in [0, 0.05) is 6.04 Å². The Hall–Kier alpha value is -0.990. The minimum absolute atomic E-state index is 0.280. The third kappa shape index (κ3) is 7.24. The van der Waals surface area contributed by atoms with Crippen molar-refractivity contribution in [1.29, 1.82) is 0 Å².